The van der Waals surface area contributed by atoms with Gasteiger partial charge in [-0.15, -0.1) is 11.8 Å². The zero-order valence-electron chi connectivity index (χ0n) is 9.94. The van der Waals surface area contributed by atoms with Crippen LogP contribution in [0.5, 0.6) is 0 Å². The van der Waals surface area contributed by atoms with Crippen LogP contribution in [0.2, 0.25) is 5.02 Å². The topological polar surface area (TPSA) is 40.5 Å². The number of hydrogen-bond acceptors (Lipinski definition) is 3. The van der Waals surface area contributed by atoms with Crippen LogP contribution < -0.4 is 4.90 Å². The lowest BCUT2D eigenvalue weighted by Crippen LogP contribution is -2.47. The molecule has 0 aromatic heterocycles. The van der Waals surface area contributed by atoms with Crippen LogP contribution >= 0.6 is 35.6 Å². The summed E-state index contributed by atoms with van der Waals surface area (Å²) in [5, 5.41) is 9.64. The lowest BCUT2D eigenvalue weighted by molar-refractivity contribution is -0.135. The van der Waals surface area contributed by atoms with E-state index < -0.39 is 5.97 Å². The minimum Gasteiger partial charge on any atom is -0.480 e. The number of carboxylic acid groups (broad SMARTS) is 1. The van der Waals surface area contributed by atoms with Crippen molar-refractivity contribution in [3.05, 3.63) is 23.2 Å². The van der Waals surface area contributed by atoms with Gasteiger partial charge >= 0.3 is 5.97 Å². The predicted octanol–water partition coefficient (Wildman–Crippen LogP) is 3.44. The molecule has 0 saturated heterocycles. The fourth-order valence-electron chi connectivity index (χ4n) is 1.84. The number of carbonyl (C=O) groups is 1. The molecule has 96 valence electrons. The van der Waals surface area contributed by atoms with Crippen molar-refractivity contribution in [3.8, 4) is 0 Å². The molecule has 18 heavy (non-hydrogen) atoms. The van der Waals surface area contributed by atoms with E-state index in [-0.39, 0.29) is 11.3 Å². The smallest absolute Gasteiger partial charge is 0.323 e. The van der Waals surface area contributed by atoms with E-state index in [9.17, 15) is 4.79 Å². The van der Waals surface area contributed by atoms with Crippen molar-refractivity contribution in [3.63, 3.8) is 0 Å². The summed E-state index contributed by atoms with van der Waals surface area (Å²) in [6.07, 6.45) is 0. The minimum absolute atomic E-state index is 0.143. The summed E-state index contributed by atoms with van der Waals surface area (Å²) in [7, 11) is 0. The second kappa shape index (κ2) is 4.72. The Labute approximate surface area is 120 Å². The molecule has 0 fully saturated rings. The number of anilines is 1. The number of halogens is 1. The van der Waals surface area contributed by atoms with E-state index in [2.05, 4.69) is 0 Å². The fourth-order valence-corrected chi connectivity index (χ4v) is 3.57. The highest BCUT2D eigenvalue weighted by Gasteiger charge is 2.38. The molecular formula is C12H12ClNO2S2. The normalized spacial score (nSPS) is 17.5. The van der Waals surface area contributed by atoms with E-state index in [0.29, 0.717) is 10.0 Å². The van der Waals surface area contributed by atoms with Crippen molar-refractivity contribution in [1.29, 1.82) is 0 Å². The maximum absolute atomic E-state index is 11.0. The van der Waals surface area contributed by atoms with Crippen LogP contribution in [-0.2, 0) is 4.79 Å². The first-order valence-electron chi connectivity index (χ1n) is 5.34. The Morgan fingerprint density at radius 3 is 2.83 bits per heavy atom. The molecule has 1 aromatic rings. The van der Waals surface area contributed by atoms with Crippen molar-refractivity contribution in [1.82, 2.24) is 0 Å². The number of carboxylic acids is 1. The van der Waals surface area contributed by atoms with Crippen molar-refractivity contribution >= 4 is 52.2 Å². The van der Waals surface area contributed by atoms with Gasteiger partial charge in [0.05, 0.1) is 25.3 Å². The van der Waals surface area contributed by atoms with Gasteiger partial charge in [0.25, 0.3) is 0 Å². The quantitative estimate of drug-likeness (QED) is 0.847. The summed E-state index contributed by atoms with van der Waals surface area (Å²) >= 11 is 13.2. The molecule has 0 atom stereocenters. The van der Waals surface area contributed by atoms with Gasteiger partial charge in [-0.2, -0.15) is 0 Å². The highest BCUT2D eigenvalue weighted by atomic mass is 35.5. The third-order valence-corrected chi connectivity index (χ3v) is 5.27. The Kier molecular flexibility index (Phi) is 3.58. The number of fused-ring (bicyclic) bond motifs is 1. The van der Waals surface area contributed by atoms with Crippen LogP contribution in [0.1, 0.15) is 13.8 Å². The number of nitrogens with zero attached hydrogens (tertiary/aromatic N) is 1. The van der Waals surface area contributed by atoms with E-state index in [1.165, 1.54) is 0 Å². The van der Waals surface area contributed by atoms with Gasteiger partial charge in [0.1, 0.15) is 6.54 Å². The molecule has 2 rings (SSSR count). The zero-order valence-corrected chi connectivity index (χ0v) is 12.3. The standard InChI is InChI=1S/C12H12ClNO2S2/c1-12(2)11(17)14(6-9(15)16)8-5-3-4-7(13)10(8)18-12/h3-5H,6H2,1-2H3,(H,15,16). The highest BCUT2D eigenvalue weighted by Crippen LogP contribution is 2.48. The average Bonchev–Trinajstić information content (AvgIpc) is 2.26. The van der Waals surface area contributed by atoms with Gasteiger partial charge in [-0.25, -0.2) is 0 Å². The van der Waals surface area contributed by atoms with Crippen LogP contribution in [0.4, 0.5) is 5.69 Å². The van der Waals surface area contributed by atoms with Crippen LogP contribution in [0, 0.1) is 0 Å². The van der Waals surface area contributed by atoms with Crippen LogP contribution in [0.25, 0.3) is 0 Å². The molecule has 0 saturated carbocycles. The SMILES string of the molecule is CC1(C)Sc2c(Cl)cccc2N(CC(=O)O)C1=S. The lowest BCUT2D eigenvalue weighted by Gasteiger charge is -2.40. The van der Waals surface area contributed by atoms with E-state index in [1.54, 1.807) is 28.8 Å². The molecular weight excluding hydrogens is 290 g/mol. The number of benzene rings is 1. The second-order valence-electron chi connectivity index (χ2n) is 4.49. The number of hydrogen-bond donors (Lipinski definition) is 1. The number of thiocarbonyl (C=S) groups is 1. The first-order valence-corrected chi connectivity index (χ1v) is 6.94. The van der Waals surface area contributed by atoms with Crippen LogP contribution in [0.15, 0.2) is 23.1 Å². The number of aliphatic carboxylic acids is 1. The van der Waals surface area contributed by atoms with Gasteiger partial charge in [0.15, 0.2) is 0 Å². The Hall–Kier alpha value is -0.780. The second-order valence-corrected chi connectivity index (χ2v) is 6.91. The van der Waals surface area contributed by atoms with Gasteiger partial charge in [-0.1, -0.05) is 29.9 Å². The third-order valence-electron chi connectivity index (χ3n) is 2.65. The first kappa shape index (κ1) is 13.6. The summed E-state index contributed by atoms with van der Waals surface area (Å²) in [5.41, 5.74) is 0.777. The summed E-state index contributed by atoms with van der Waals surface area (Å²) in [4.78, 5) is 14.1. The molecule has 6 heteroatoms. The largest absolute Gasteiger partial charge is 0.480 e. The van der Waals surface area contributed by atoms with Crippen LogP contribution in [0.3, 0.4) is 0 Å². The van der Waals surface area contributed by atoms with Crippen molar-refractivity contribution in [2.45, 2.75) is 23.5 Å². The van der Waals surface area contributed by atoms with E-state index >= 15 is 0 Å². The molecule has 0 unspecified atom stereocenters. The molecule has 1 N–H and O–H groups in total. The van der Waals surface area contributed by atoms with Gasteiger partial charge in [0, 0.05) is 0 Å². The van der Waals surface area contributed by atoms with Crippen molar-refractivity contribution in [2.24, 2.45) is 0 Å². The van der Waals surface area contributed by atoms with E-state index in [1.807, 2.05) is 19.9 Å². The average molecular weight is 302 g/mol. The van der Waals surface area contributed by atoms with E-state index in [4.69, 9.17) is 28.9 Å². The Morgan fingerprint density at radius 2 is 2.22 bits per heavy atom. The molecule has 1 heterocycles. The van der Waals surface area contributed by atoms with Gasteiger partial charge in [-0.3, -0.25) is 4.79 Å². The fraction of sp³-hybridized carbons (Fsp3) is 0.333. The van der Waals surface area contributed by atoms with Gasteiger partial charge in [-0.05, 0) is 26.0 Å². The molecule has 0 spiro atoms. The zero-order chi connectivity index (χ0) is 13.5. The van der Waals surface area contributed by atoms with Crippen LogP contribution in [-0.4, -0.2) is 27.4 Å². The maximum atomic E-state index is 11.0. The third kappa shape index (κ3) is 2.35. The highest BCUT2D eigenvalue weighted by molar-refractivity contribution is 8.03. The predicted molar refractivity (Wildman–Crippen MR) is 79.0 cm³/mol. The molecule has 0 radical (unpaired) electrons. The molecule has 3 nitrogen and oxygen atoms in total. The maximum Gasteiger partial charge on any atom is 0.323 e. The lowest BCUT2D eigenvalue weighted by atomic mass is 10.1. The minimum atomic E-state index is -0.911. The van der Waals surface area contributed by atoms with Gasteiger partial charge < -0.3 is 10.0 Å². The molecule has 0 amide bonds. The Morgan fingerprint density at radius 1 is 1.56 bits per heavy atom. The number of thioether (sulfide) groups is 1. The van der Waals surface area contributed by atoms with Crippen molar-refractivity contribution < 1.29 is 9.90 Å². The number of rotatable bonds is 2. The summed E-state index contributed by atoms with van der Waals surface area (Å²) in [6.45, 7) is 3.80. The Bertz CT molecular complexity index is 531. The van der Waals surface area contributed by atoms with Crippen molar-refractivity contribution in [2.75, 3.05) is 11.4 Å². The molecule has 0 aliphatic carbocycles. The molecule has 1 aromatic carbocycles. The molecule has 1 aliphatic heterocycles. The molecule has 0 bridgehead atoms. The first-order chi connectivity index (χ1) is 8.33. The monoisotopic (exact) mass is 301 g/mol. The summed E-state index contributed by atoms with van der Waals surface area (Å²) < 4.78 is -0.344. The summed E-state index contributed by atoms with van der Waals surface area (Å²) in [6, 6.07) is 5.45. The molecule has 1 aliphatic rings. The Balaban J connectivity index is 2.55. The summed E-state index contributed by atoms with van der Waals surface area (Å²) in [5.74, 6) is -0.911. The van der Waals surface area contributed by atoms with Gasteiger partial charge in [0.2, 0.25) is 0 Å². The van der Waals surface area contributed by atoms with E-state index in [0.717, 1.165) is 10.6 Å².